The van der Waals surface area contributed by atoms with Crippen LogP contribution in [0.3, 0.4) is 0 Å². The molecule has 2 aromatic rings. The van der Waals surface area contributed by atoms with Crippen LogP contribution >= 0.6 is 0 Å². The molecule has 4 rings (SSSR count). The first kappa shape index (κ1) is 22.8. The van der Waals surface area contributed by atoms with Crippen molar-refractivity contribution in [1.82, 2.24) is 10.6 Å². The molecule has 2 unspecified atom stereocenters. The van der Waals surface area contributed by atoms with E-state index in [0.29, 0.717) is 0 Å². The summed E-state index contributed by atoms with van der Waals surface area (Å²) in [6.07, 6.45) is -0.213. The second kappa shape index (κ2) is 9.23. The zero-order chi connectivity index (χ0) is 23.6. The first-order valence-electron chi connectivity index (χ1n) is 11.0. The summed E-state index contributed by atoms with van der Waals surface area (Å²) in [6, 6.07) is 16.1. The highest BCUT2D eigenvalue weighted by Crippen LogP contribution is 2.44. The van der Waals surface area contributed by atoms with Gasteiger partial charge in [-0.1, -0.05) is 48.5 Å². The van der Waals surface area contributed by atoms with Crippen molar-refractivity contribution in [3.8, 4) is 11.1 Å². The Bertz CT molecular complexity index is 1020. The third kappa shape index (κ3) is 4.57. The summed E-state index contributed by atoms with van der Waals surface area (Å²) in [5, 5.41) is 14.7. The van der Waals surface area contributed by atoms with Crippen LogP contribution in [-0.2, 0) is 19.1 Å². The number of aliphatic carboxylic acids is 1. The molecule has 2 aliphatic carbocycles. The average molecular weight is 453 g/mol. The molecule has 33 heavy (non-hydrogen) atoms. The van der Waals surface area contributed by atoms with Crippen LogP contribution in [0.25, 0.3) is 11.1 Å². The highest BCUT2D eigenvalue weighted by Gasteiger charge is 2.49. The molecule has 0 aromatic heterocycles. The van der Waals surface area contributed by atoms with Crippen LogP contribution in [0, 0.1) is 5.92 Å². The van der Waals surface area contributed by atoms with Gasteiger partial charge in [0.05, 0.1) is 6.54 Å². The van der Waals surface area contributed by atoms with Crippen LogP contribution in [0.2, 0.25) is 0 Å². The molecule has 8 heteroatoms. The number of methoxy groups -OCH3 is 1. The third-order valence-corrected chi connectivity index (χ3v) is 6.57. The van der Waals surface area contributed by atoms with Gasteiger partial charge >= 0.3 is 12.1 Å². The Morgan fingerprint density at radius 1 is 1.06 bits per heavy atom. The maximum absolute atomic E-state index is 12.6. The standard InChI is InChI=1S/C25H28N2O6/c1-25(23(29)30,15-11-12-15)27-22(28)21(32-2)13-26-24(31)33-14-20-18-9-5-3-7-16(18)17-8-4-6-10-19(17)20/h3-10,15,20-21H,11-14H2,1-2H3,(H,26,31)(H,27,28)(H,29,30). The summed E-state index contributed by atoms with van der Waals surface area (Å²) in [5.74, 6) is -1.85. The van der Waals surface area contributed by atoms with E-state index in [1.54, 1.807) is 0 Å². The average Bonchev–Trinajstić information content (AvgIpc) is 3.62. The van der Waals surface area contributed by atoms with Crippen molar-refractivity contribution >= 4 is 18.0 Å². The molecule has 0 radical (unpaired) electrons. The minimum Gasteiger partial charge on any atom is -0.480 e. The van der Waals surface area contributed by atoms with Crippen LogP contribution in [0.4, 0.5) is 4.79 Å². The molecule has 8 nitrogen and oxygen atoms in total. The van der Waals surface area contributed by atoms with Crippen molar-refractivity contribution in [2.75, 3.05) is 20.3 Å². The molecule has 174 valence electrons. The molecule has 1 saturated carbocycles. The van der Waals surface area contributed by atoms with Crippen molar-refractivity contribution in [3.05, 3.63) is 59.7 Å². The van der Waals surface area contributed by atoms with Crippen LogP contribution in [-0.4, -0.2) is 55.0 Å². The highest BCUT2D eigenvalue weighted by molar-refractivity contribution is 5.89. The van der Waals surface area contributed by atoms with Crippen LogP contribution in [0.1, 0.15) is 36.8 Å². The number of hydrogen-bond donors (Lipinski definition) is 3. The summed E-state index contributed by atoms with van der Waals surface area (Å²) in [4.78, 5) is 36.6. The molecule has 0 aliphatic heterocycles. The Labute approximate surface area is 192 Å². The molecule has 2 amide bonds. The van der Waals surface area contributed by atoms with E-state index in [-0.39, 0.29) is 25.0 Å². The molecule has 2 aromatic carbocycles. The number of carboxylic acids is 1. The van der Waals surface area contributed by atoms with Gasteiger partial charge in [-0.3, -0.25) is 4.79 Å². The second-order valence-corrected chi connectivity index (χ2v) is 8.70. The molecule has 2 aliphatic rings. The summed E-state index contributed by atoms with van der Waals surface area (Å²) in [7, 11) is 1.33. The predicted octanol–water partition coefficient (Wildman–Crippen LogP) is 2.91. The second-order valence-electron chi connectivity index (χ2n) is 8.70. The Hall–Kier alpha value is -3.39. The Morgan fingerprint density at radius 2 is 1.64 bits per heavy atom. The number of hydrogen-bond acceptors (Lipinski definition) is 5. The Morgan fingerprint density at radius 3 is 2.15 bits per heavy atom. The van der Waals surface area contributed by atoms with Crippen molar-refractivity contribution in [2.24, 2.45) is 5.92 Å². The number of carbonyl (C=O) groups is 3. The van der Waals surface area contributed by atoms with Gasteiger partial charge in [0, 0.05) is 13.0 Å². The lowest BCUT2D eigenvalue weighted by atomic mass is 9.95. The van der Waals surface area contributed by atoms with E-state index in [4.69, 9.17) is 9.47 Å². The minimum absolute atomic E-state index is 0.0699. The van der Waals surface area contributed by atoms with Gasteiger partial charge < -0.3 is 25.2 Å². The maximum Gasteiger partial charge on any atom is 0.407 e. The van der Waals surface area contributed by atoms with Gasteiger partial charge in [-0.25, -0.2) is 9.59 Å². The van der Waals surface area contributed by atoms with E-state index >= 15 is 0 Å². The smallest absolute Gasteiger partial charge is 0.407 e. The van der Waals surface area contributed by atoms with E-state index in [1.165, 1.54) is 14.0 Å². The largest absolute Gasteiger partial charge is 0.480 e. The van der Waals surface area contributed by atoms with Crippen LogP contribution in [0.5, 0.6) is 0 Å². The Balaban J connectivity index is 1.33. The number of rotatable bonds is 9. The van der Waals surface area contributed by atoms with Crippen molar-refractivity contribution in [1.29, 1.82) is 0 Å². The molecule has 0 saturated heterocycles. The summed E-state index contributed by atoms with van der Waals surface area (Å²) < 4.78 is 10.7. The summed E-state index contributed by atoms with van der Waals surface area (Å²) in [5.41, 5.74) is 3.13. The fraction of sp³-hybridized carbons (Fsp3) is 0.400. The topological polar surface area (TPSA) is 114 Å². The maximum atomic E-state index is 12.6. The quantitative estimate of drug-likeness (QED) is 0.539. The SMILES string of the molecule is COC(CNC(=O)OCC1c2ccccc2-c2ccccc21)C(=O)NC(C)(C(=O)O)C1CC1. The van der Waals surface area contributed by atoms with Gasteiger partial charge in [0.15, 0.2) is 6.10 Å². The predicted molar refractivity (Wildman–Crippen MR) is 121 cm³/mol. The van der Waals surface area contributed by atoms with Crippen LogP contribution in [0.15, 0.2) is 48.5 Å². The Kier molecular flexibility index (Phi) is 6.37. The van der Waals surface area contributed by atoms with Crippen molar-refractivity contribution in [3.63, 3.8) is 0 Å². The highest BCUT2D eigenvalue weighted by atomic mass is 16.5. The van der Waals surface area contributed by atoms with Gasteiger partial charge in [-0.05, 0) is 47.9 Å². The van der Waals surface area contributed by atoms with Gasteiger partial charge in [-0.15, -0.1) is 0 Å². The van der Waals surface area contributed by atoms with E-state index in [1.807, 2.05) is 36.4 Å². The number of carbonyl (C=O) groups excluding carboxylic acids is 2. The minimum atomic E-state index is -1.35. The number of carboxylic acid groups (broad SMARTS) is 1. The number of ether oxygens (including phenoxy) is 2. The lowest BCUT2D eigenvalue weighted by Gasteiger charge is -2.28. The molecular formula is C25H28N2O6. The number of nitrogens with one attached hydrogen (secondary N) is 2. The molecule has 0 heterocycles. The fourth-order valence-corrected chi connectivity index (χ4v) is 4.44. The fourth-order valence-electron chi connectivity index (χ4n) is 4.44. The van der Waals surface area contributed by atoms with Crippen molar-refractivity contribution < 1.29 is 29.0 Å². The zero-order valence-corrected chi connectivity index (χ0v) is 18.7. The van der Waals surface area contributed by atoms with E-state index in [9.17, 15) is 19.5 Å². The van der Waals surface area contributed by atoms with Gasteiger partial charge in [-0.2, -0.15) is 0 Å². The lowest BCUT2D eigenvalue weighted by Crippen LogP contribution is -2.58. The van der Waals surface area contributed by atoms with Crippen LogP contribution < -0.4 is 10.6 Å². The number of fused-ring (bicyclic) bond motifs is 3. The van der Waals surface area contributed by atoms with Crippen molar-refractivity contribution in [2.45, 2.75) is 37.3 Å². The van der Waals surface area contributed by atoms with Gasteiger partial charge in [0.1, 0.15) is 12.1 Å². The lowest BCUT2D eigenvalue weighted by molar-refractivity contribution is -0.149. The number of amides is 2. The number of alkyl carbamates (subject to hydrolysis) is 1. The molecule has 0 spiro atoms. The first-order chi connectivity index (χ1) is 15.8. The van der Waals surface area contributed by atoms with Gasteiger partial charge in [0.2, 0.25) is 0 Å². The molecule has 3 N–H and O–H groups in total. The number of benzene rings is 2. The van der Waals surface area contributed by atoms with E-state index < -0.39 is 29.6 Å². The summed E-state index contributed by atoms with van der Waals surface area (Å²) >= 11 is 0. The molecule has 1 fully saturated rings. The van der Waals surface area contributed by atoms with E-state index in [2.05, 4.69) is 22.8 Å². The monoisotopic (exact) mass is 452 g/mol. The zero-order valence-electron chi connectivity index (χ0n) is 18.7. The molecule has 2 atom stereocenters. The van der Waals surface area contributed by atoms with E-state index in [0.717, 1.165) is 35.1 Å². The molecule has 0 bridgehead atoms. The van der Waals surface area contributed by atoms with Gasteiger partial charge in [0.25, 0.3) is 5.91 Å². The first-order valence-corrected chi connectivity index (χ1v) is 11.0. The third-order valence-electron chi connectivity index (χ3n) is 6.57. The summed E-state index contributed by atoms with van der Waals surface area (Å²) in [6.45, 7) is 1.51. The molecular weight excluding hydrogens is 424 g/mol. The normalized spacial score (nSPS) is 17.3.